The van der Waals surface area contributed by atoms with Gasteiger partial charge < -0.3 is 0 Å². The van der Waals surface area contributed by atoms with E-state index in [0.29, 0.717) is 5.25 Å². The van der Waals surface area contributed by atoms with Crippen LogP contribution in [0.4, 0.5) is 0 Å². The summed E-state index contributed by atoms with van der Waals surface area (Å²) in [5.41, 5.74) is 3.13. The van der Waals surface area contributed by atoms with E-state index in [1.54, 1.807) is 0 Å². The van der Waals surface area contributed by atoms with Crippen LogP contribution in [0.25, 0.3) is 0 Å². The van der Waals surface area contributed by atoms with Crippen molar-refractivity contribution >= 4 is 47.3 Å². The molecule has 0 radical (unpaired) electrons. The molecule has 2 atom stereocenters. The third-order valence-electron chi connectivity index (χ3n) is 6.79. The minimum atomic E-state index is -0.622. The number of halogens is 1. The zero-order valence-electron chi connectivity index (χ0n) is 19.6. The molecule has 1 aliphatic carbocycles. The quantitative estimate of drug-likeness (QED) is 0.240. The number of thioether (sulfide) groups is 1. The minimum absolute atomic E-state index is 0. The molecule has 3 heteroatoms. The molecule has 0 N–H and O–H groups in total. The monoisotopic (exact) mass is 534 g/mol. The lowest BCUT2D eigenvalue weighted by atomic mass is 9.78. The van der Waals surface area contributed by atoms with Crippen LogP contribution in [-0.2, 0) is 6.42 Å². The van der Waals surface area contributed by atoms with Crippen molar-refractivity contribution in [3.05, 3.63) is 114 Å². The smallest absolute Gasteiger partial charge is 0.0493 e. The van der Waals surface area contributed by atoms with E-state index in [4.69, 9.17) is 0 Å². The normalized spacial score (nSPS) is 23.4. The first-order valence-corrected chi connectivity index (χ1v) is 13.8. The van der Waals surface area contributed by atoms with E-state index in [9.17, 15) is 0 Å². The Balaban J connectivity index is 0.00000259. The summed E-state index contributed by atoms with van der Waals surface area (Å²) in [6.45, 7) is 7.05. The molecule has 33 heavy (non-hydrogen) atoms. The molecule has 1 heterocycles. The maximum absolute atomic E-state index is 2.61. The molecule has 170 valence electrons. The van der Waals surface area contributed by atoms with Crippen molar-refractivity contribution in [2.24, 2.45) is 5.41 Å². The number of fused-ring (bicyclic) bond motifs is 1. The zero-order chi connectivity index (χ0) is 22.2. The maximum atomic E-state index is 2.61. The van der Waals surface area contributed by atoms with Gasteiger partial charge in [0, 0.05) is 20.7 Å². The van der Waals surface area contributed by atoms with Gasteiger partial charge in [0.1, 0.15) is 0 Å². The van der Waals surface area contributed by atoms with Crippen LogP contribution in [0.5, 0.6) is 0 Å². The van der Waals surface area contributed by atoms with E-state index in [1.165, 1.54) is 33.1 Å². The van der Waals surface area contributed by atoms with Crippen LogP contribution in [0.1, 0.15) is 32.8 Å². The highest BCUT2D eigenvalue weighted by molar-refractivity contribution is 8.93. The largest absolute Gasteiger partial charge is 0.121 e. The predicted octanol–water partition coefficient (Wildman–Crippen LogP) is 8.09. The standard InChI is InChI=1S/C30H31PS.BrH/c1-23-22-29(2,3)20-21-30(23,28-19-18-24-12-10-11-17-27(24)32-28)31(25-13-6-4-7-14-25)26-15-8-5-9-16-26;/h4-17,20-22,28H,18-19H2,1-3H3;1H. The highest BCUT2D eigenvalue weighted by Gasteiger charge is 2.49. The van der Waals surface area contributed by atoms with Crippen molar-refractivity contribution in [2.45, 2.75) is 48.9 Å². The van der Waals surface area contributed by atoms with Crippen LogP contribution >= 0.6 is 36.7 Å². The molecule has 3 aromatic rings. The summed E-state index contributed by atoms with van der Waals surface area (Å²) in [6, 6.07) is 31.5. The SMILES string of the molecule is Br.CC1=CC(C)(C)C=CC1(C1CCc2ccccc2S1)P(c1ccccc1)c1ccccc1. The Morgan fingerprint density at radius 2 is 1.36 bits per heavy atom. The fourth-order valence-electron chi connectivity index (χ4n) is 5.32. The highest BCUT2D eigenvalue weighted by Crippen LogP contribution is 2.62. The van der Waals surface area contributed by atoms with Crippen molar-refractivity contribution < 1.29 is 0 Å². The van der Waals surface area contributed by atoms with Gasteiger partial charge in [0.15, 0.2) is 0 Å². The van der Waals surface area contributed by atoms with Crippen LogP contribution in [0.15, 0.2) is 114 Å². The lowest BCUT2D eigenvalue weighted by molar-refractivity contribution is 0.568. The van der Waals surface area contributed by atoms with Gasteiger partial charge in [-0.1, -0.05) is 117 Å². The average molecular weight is 536 g/mol. The molecular weight excluding hydrogens is 503 g/mol. The Hall–Kier alpha value is -1.60. The third-order valence-corrected chi connectivity index (χ3v) is 11.7. The van der Waals surface area contributed by atoms with Crippen molar-refractivity contribution in [1.82, 2.24) is 0 Å². The molecule has 5 rings (SSSR count). The van der Waals surface area contributed by atoms with E-state index in [2.05, 4.69) is 136 Å². The van der Waals surface area contributed by atoms with Gasteiger partial charge in [0.2, 0.25) is 0 Å². The molecule has 0 aromatic heterocycles. The molecule has 0 amide bonds. The number of rotatable bonds is 4. The first kappa shape index (κ1) is 24.5. The second-order valence-electron chi connectivity index (χ2n) is 9.57. The van der Waals surface area contributed by atoms with E-state index < -0.39 is 7.92 Å². The molecule has 2 unspecified atom stereocenters. The molecule has 2 aliphatic rings. The Morgan fingerprint density at radius 3 is 1.97 bits per heavy atom. The summed E-state index contributed by atoms with van der Waals surface area (Å²) < 4.78 is 0. The topological polar surface area (TPSA) is 0 Å². The van der Waals surface area contributed by atoms with Crippen LogP contribution in [0.2, 0.25) is 0 Å². The van der Waals surface area contributed by atoms with Gasteiger partial charge >= 0.3 is 0 Å². The number of benzene rings is 3. The second-order valence-corrected chi connectivity index (χ2v) is 13.3. The first-order chi connectivity index (χ1) is 15.5. The van der Waals surface area contributed by atoms with Gasteiger partial charge in [0.05, 0.1) is 0 Å². The van der Waals surface area contributed by atoms with E-state index in [-0.39, 0.29) is 27.6 Å². The molecule has 0 bridgehead atoms. The predicted molar refractivity (Wildman–Crippen MR) is 153 cm³/mol. The summed E-state index contributed by atoms with van der Waals surface area (Å²) in [7, 11) is -0.622. The van der Waals surface area contributed by atoms with E-state index >= 15 is 0 Å². The number of allylic oxidation sites excluding steroid dienone is 4. The molecule has 0 saturated carbocycles. The van der Waals surface area contributed by atoms with E-state index in [0.717, 1.165) is 6.42 Å². The van der Waals surface area contributed by atoms with Crippen LogP contribution in [0, 0.1) is 5.41 Å². The number of aryl methyl sites for hydroxylation is 1. The Bertz CT molecular complexity index is 1110. The van der Waals surface area contributed by atoms with Gasteiger partial charge in [-0.15, -0.1) is 28.7 Å². The lowest BCUT2D eigenvalue weighted by Gasteiger charge is -2.50. The van der Waals surface area contributed by atoms with Gasteiger partial charge in [-0.2, -0.15) is 0 Å². The van der Waals surface area contributed by atoms with Crippen LogP contribution in [0.3, 0.4) is 0 Å². The third kappa shape index (κ3) is 4.68. The summed E-state index contributed by atoms with van der Waals surface area (Å²) in [4.78, 5) is 1.46. The van der Waals surface area contributed by atoms with Crippen LogP contribution < -0.4 is 10.6 Å². The van der Waals surface area contributed by atoms with Crippen LogP contribution in [-0.4, -0.2) is 10.4 Å². The van der Waals surface area contributed by atoms with Crippen molar-refractivity contribution in [3.8, 4) is 0 Å². The van der Waals surface area contributed by atoms with Gasteiger partial charge in [-0.25, -0.2) is 0 Å². The zero-order valence-corrected chi connectivity index (χ0v) is 23.0. The maximum Gasteiger partial charge on any atom is 0.0493 e. The van der Waals surface area contributed by atoms with Crippen molar-refractivity contribution in [3.63, 3.8) is 0 Å². The average Bonchev–Trinajstić information content (AvgIpc) is 2.81. The van der Waals surface area contributed by atoms with Gasteiger partial charge in [-0.3, -0.25) is 0 Å². The molecule has 0 saturated heterocycles. The Morgan fingerprint density at radius 1 is 0.788 bits per heavy atom. The Kier molecular flexibility index (Phi) is 7.39. The molecule has 3 aromatic carbocycles. The first-order valence-electron chi connectivity index (χ1n) is 11.5. The fraction of sp³-hybridized carbons (Fsp3) is 0.267. The lowest BCUT2D eigenvalue weighted by Crippen LogP contribution is -2.46. The summed E-state index contributed by atoms with van der Waals surface area (Å²) in [5, 5.41) is 3.43. The Labute approximate surface area is 215 Å². The molecule has 0 fully saturated rings. The molecule has 1 aliphatic heterocycles. The number of hydrogen-bond acceptors (Lipinski definition) is 1. The second kappa shape index (κ2) is 9.95. The van der Waals surface area contributed by atoms with E-state index in [1.807, 2.05) is 0 Å². The summed E-state index contributed by atoms with van der Waals surface area (Å²) in [6.07, 6.45) is 9.99. The van der Waals surface area contributed by atoms with Gasteiger partial charge in [0.25, 0.3) is 0 Å². The van der Waals surface area contributed by atoms with Gasteiger partial charge in [-0.05, 0) is 49.9 Å². The van der Waals surface area contributed by atoms with Crippen molar-refractivity contribution in [2.75, 3.05) is 0 Å². The summed E-state index contributed by atoms with van der Waals surface area (Å²) >= 11 is 2.11. The highest BCUT2D eigenvalue weighted by atomic mass is 79.9. The number of hydrogen-bond donors (Lipinski definition) is 0. The minimum Gasteiger partial charge on any atom is -0.121 e. The molecular formula is C30H32BrPS. The van der Waals surface area contributed by atoms with Crippen molar-refractivity contribution in [1.29, 1.82) is 0 Å². The fourth-order valence-corrected chi connectivity index (χ4v) is 10.4. The molecule has 0 nitrogen and oxygen atoms in total. The molecule has 0 spiro atoms. The summed E-state index contributed by atoms with van der Waals surface area (Å²) in [5.74, 6) is 0.